The molecule has 7 rings (SSSR count). The van der Waals surface area contributed by atoms with Gasteiger partial charge in [-0.3, -0.25) is 9.69 Å². The van der Waals surface area contributed by atoms with Crippen molar-refractivity contribution in [3.63, 3.8) is 0 Å². The maximum atomic E-state index is 12.2. The summed E-state index contributed by atoms with van der Waals surface area (Å²) in [7, 11) is 0. The minimum absolute atomic E-state index is 0.0422. The number of aromatic amines is 2. The van der Waals surface area contributed by atoms with Gasteiger partial charge in [0.05, 0.1) is 5.69 Å². The van der Waals surface area contributed by atoms with Gasteiger partial charge in [-0.15, -0.1) is 11.3 Å². The van der Waals surface area contributed by atoms with Crippen LogP contribution in [0.15, 0.2) is 35.6 Å². The van der Waals surface area contributed by atoms with E-state index in [4.69, 9.17) is 0 Å². The van der Waals surface area contributed by atoms with Crippen molar-refractivity contribution >= 4 is 27.2 Å². The highest BCUT2D eigenvalue weighted by Crippen LogP contribution is 2.53. The number of likely N-dealkylation sites (tertiary alicyclic amines) is 1. The summed E-state index contributed by atoms with van der Waals surface area (Å²) in [6.45, 7) is 13.1. The summed E-state index contributed by atoms with van der Waals surface area (Å²) in [6, 6.07) is 4.45. The molecule has 0 spiro atoms. The third-order valence-electron chi connectivity index (χ3n) is 9.20. The van der Waals surface area contributed by atoms with Gasteiger partial charge in [-0.05, 0) is 79.7 Å². The first-order chi connectivity index (χ1) is 18.3. The van der Waals surface area contributed by atoms with Crippen molar-refractivity contribution in [2.24, 2.45) is 5.92 Å². The van der Waals surface area contributed by atoms with Gasteiger partial charge >= 0.3 is 0 Å². The van der Waals surface area contributed by atoms with E-state index in [9.17, 15) is 4.79 Å². The lowest BCUT2D eigenvalue weighted by molar-refractivity contribution is 0.192. The summed E-state index contributed by atoms with van der Waals surface area (Å²) >= 11 is 1.97. The molecule has 8 heteroatoms. The Morgan fingerprint density at radius 2 is 2.00 bits per heavy atom. The van der Waals surface area contributed by atoms with E-state index >= 15 is 0 Å². The molecule has 1 aliphatic carbocycles. The second-order valence-electron chi connectivity index (χ2n) is 11.6. The standard InChI is InChI=1S/C30H34N6OS/c1-15(2)24-25-18(5)27(22-10-21-9-20(22)12-35(21)11-19-7-6-8-31-29(19)37)38-30(25)34-26(24)23-13-36-28(32-14-33-36)17(4)16(23)3/h6-8,13-15,20-22,34H,9-12H2,1-5H3,(H,31,37)/t20-,21?,22+/m0/s1. The van der Waals surface area contributed by atoms with Crippen LogP contribution in [0.2, 0.25) is 0 Å². The molecule has 0 amide bonds. The van der Waals surface area contributed by atoms with Gasteiger partial charge in [0.2, 0.25) is 0 Å². The summed E-state index contributed by atoms with van der Waals surface area (Å²) in [5.41, 5.74) is 9.57. The second kappa shape index (κ2) is 8.64. The Hall–Kier alpha value is -3.23. The number of aromatic nitrogens is 5. The molecule has 5 aromatic heterocycles. The van der Waals surface area contributed by atoms with Gasteiger partial charge in [-0.2, -0.15) is 5.10 Å². The topological polar surface area (TPSA) is 82.1 Å². The van der Waals surface area contributed by atoms with Crippen LogP contribution in [0.3, 0.4) is 0 Å². The monoisotopic (exact) mass is 526 g/mol. The summed E-state index contributed by atoms with van der Waals surface area (Å²) in [5, 5.41) is 5.85. The van der Waals surface area contributed by atoms with Crippen molar-refractivity contribution in [1.29, 1.82) is 0 Å². The van der Waals surface area contributed by atoms with Gasteiger partial charge in [-0.1, -0.05) is 19.9 Å². The molecule has 3 atom stereocenters. The van der Waals surface area contributed by atoms with Crippen molar-refractivity contribution in [1.82, 2.24) is 29.5 Å². The predicted molar refractivity (Wildman–Crippen MR) is 153 cm³/mol. The van der Waals surface area contributed by atoms with Crippen molar-refractivity contribution in [2.45, 2.75) is 71.9 Å². The number of H-pyrrole nitrogens is 2. The zero-order valence-corrected chi connectivity index (χ0v) is 23.4. The number of nitrogens with zero attached hydrogens (tertiary/aromatic N) is 4. The molecule has 1 aliphatic heterocycles. The molecule has 196 valence electrons. The van der Waals surface area contributed by atoms with Gasteiger partial charge in [0.1, 0.15) is 11.2 Å². The SMILES string of the molecule is Cc1c(-c2[nH]c3sc([C@@H]4CC5C[C@H]4CN5Cc4ccc[nH]c4=O)c(C)c3c2C(C)C)cn2ncnc2c1C. The zero-order chi connectivity index (χ0) is 26.3. The molecule has 0 radical (unpaired) electrons. The first-order valence-corrected chi connectivity index (χ1v) is 14.5. The predicted octanol–water partition coefficient (Wildman–Crippen LogP) is 6.05. The van der Waals surface area contributed by atoms with Crippen LogP contribution in [-0.4, -0.2) is 42.1 Å². The molecule has 2 N–H and O–H groups in total. The van der Waals surface area contributed by atoms with Crippen LogP contribution < -0.4 is 5.56 Å². The van der Waals surface area contributed by atoms with Crippen LogP contribution in [0.25, 0.3) is 27.1 Å². The average molecular weight is 527 g/mol. The fourth-order valence-electron chi connectivity index (χ4n) is 7.21. The van der Waals surface area contributed by atoms with Crippen LogP contribution in [0, 0.1) is 26.7 Å². The molecule has 1 saturated heterocycles. The highest BCUT2D eigenvalue weighted by Gasteiger charge is 2.46. The Balaban J connectivity index is 1.24. The zero-order valence-electron chi connectivity index (χ0n) is 22.6. The number of hydrogen-bond acceptors (Lipinski definition) is 5. The van der Waals surface area contributed by atoms with Gasteiger partial charge in [0.15, 0.2) is 5.65 Å². The number of pyridine rings is 2. The van der Waals surface area contributed by atoms with Gasteiger partial charge in [0, 0.05) is 52.9 Å². The largest absolute Gasteiger partial charge is 0.346 e. The number of fused-ring (bicyclic) bond motifs is 4. The number of nitrogens with one attached hydrogen (secondary N) is 2. The van der Waals surface area contributed by atoms with Gasteiger partial charge in [0.25, 0.3) is 5.56 Å². The molecule has 6 heterocycles. The fourth-order valence-corrected chi connectivity index (χ4v) is 8.64. The van der Waals surface area contributed by atoms with Crippen LogP contribution in [-0.2, 0) is 6.54 Å². The first-order valence-electron chi connectivity index (χ1n) is 13.7. The van der Waals surface area contributed by atoms with E-state index in [0.29, 0.717) is 23.8 Å². The van der Waals surface area contributed by atoms with Crippen LogP contribution in [0.1, 0.15) is 71.2 Å². The quantitative estimate of drug-likeness (QED) is 0.292. The molecule has 5 aromatic rings. The summed E-state index contributed by atoms with van der Waals surface area (Å²) in [6.07, 6.45) is 7.90. The lowest BCUT2D eigenvalue weighted by atomic mass is 9.88. The molecular weight excluding hydrogens is 492 g/mol. The molecule has 2 bridgehead atoms. The molecule has 0 aromatic carbocycles. The number of rotatable bonds is 5. The van der Waals surface area contributed by atoms with E-state index < -0.39 is 0 Å². The molecule has 2 aliphatic rings. The smallest absolute Gasteiger partial charge is 0.252 e. The maximum Gasteiger partial charge on any atom is 0.252 e. The minimum Gasteiger partial charge on any atom is -0.346 e. The number of thiophene rings is 1. The van der Waals surface area contributed by atoms with Crippen molar-refractivity contribution in [3.8, 4) is 11.3 Å². The number of piperidine rings is 1. The molecule has 1 unspecified atom stereocenters. The summed E-state index contributed by atoms with van der Waals surface area (Å²) in [5.74, 6) is 1.66. The van der Waals surface area contributed by atoms with Crippen molar-refractivity contribution in [2.75, 3.05) is 6.54 Å². The molecule has 38 heavy (non-hydrogen) atoms. The second-order valence-corrected chi connectivity index (χ2v) is 12.7. The Morgan fingerprint density at radius 1 is 1.16 bits per heavy atom. The van der Waals surface area contributed by atoms with E-state index in [2.05, 4.69) is 65.8 Å². The summed E-state index contributed by atoms with van der Waals surface area (Å²) < 4.78 is 1.90. The van der Waals surface area contributed by atoms with E-state index in [1.165, 1.54) is 56.6 Å². The molecule has 7 nitrogen and oxygen atoms in total. The van der Waals surface area contributed by atoms with E-state index in [1.807, 2.05) is 28.0 Å². The van der Waals surface area contributed by atoms with Gasteiger partial charge in [-0.25, -0.2) is 9.50 Å². The van der Waals surface area contributed by atoms with Crippen LogP contribution in [0.4, 0.5) is 0 Å². The first kappa shape index (κ1) is 23.9. The fraction of sp³-hybridized carbons (Fsp3) is 0.433. The molecule has 1 saturated carbocycles. The number of aryl methyl sites for hydroxylation is 2. The Labute approximate surface area is 225 Å². The lowest BCUT2D eigenvalue weighted by Gasteiger charge is -2.31. The van der Waals surface area contributed by atoms with Gasteiger partial charge < -0.3 is 9.97 Å². The van der Waals surface area contributed by atoms with Crippen molar-refractivity contribution in [3.05, 3.63) is 73.9 Å². The van der Waals surface area contributed by atoms with E-state index in [0.717, 1.165) is 24.3 Å². The van der Waals surface area contributed by atoms with E-state index in [-0.39, 0.29) is 5.56 Å². The lowest BCUT2D eigenvalue weighted by Crippen LogP contribution is -2.35. The van der Waals surface area contributed by atoms with Crippen LogP contribution in [0.5, 0.6) is 0 Å². The number of hydrogen-bond donors (Lipinski definition) is 2. The Bertz CT molecular complexity index is 1750. The minimum atomic E-state index is 0.0422. The third-order valence-corrected chi connectivity index (χ3v) is 10.5. The van der Waals surface area contributed by atoms with Crippen molar-refractivity contribution < 1.29 is 0 Å². The normalized spacial score (nSPS) is 21.6. The van der Waals surface area contributed by atoms with E-state index in [1.54, 1.807) is 17.4 Å². The Morgan fingerprint density at radius 3 is 2.74 bits per heavy atom. The summed E-state index contributed by atoms with van der Waals surface area (Å²) in [4.78, 5) is 28.8. The highest BCUT2D eigenvalue weighted by atomic mass is 32.1. The highest BCUT2D eigenvalue weighted by molar-refractivity contribution is 7.19. The Kier molecular flexibility index (Phi) is 5.43. The maximum absolute atomic E-state index is 12.2. The third kappa shape index (κ3) is 3.46. The molecule has 2 fully saturated rings. The average Bonchev–Trinajstić information content (AvgIpc) is 3.70. The van der Waals surface area contributed by atoms with Crippen LogP contribution >= 0.6 is 11.3 Å². The molecular formula is C30H34N6OS.